The average Bonchev–Trinajstić information content (AvgIpc) is 2.87. The smallest absolute Gasteiger partial charge is 0.302 e. The molecule has 3 rings (SSSR count). The van der Waals surface area contributed by atoms with Crippen molar-refractivity contribution in [2.24, 2.45) is 0 Å². The van der Waals surface area contributed by atoms with E-state index in [1.165, 1.54) is 34.3 Å². The number of anilines is 1. The normalized spacial score (nSPS) is 20.1. The summed E-state index contributed by atoms with van der Waals surface area (Å²) in [5, 5.41) is 1.67. The van der Waals surface area contributed by atoms with Gasteiger partial charge in [0.1, 0.15) is 0 Å². The zero-order chi connectivity index (χ0) is 21.6. The van der Waals surface area contributed by atoms with E-state index in [0.717, 1.165) is 24.3 Å². The van der Waals surface area contributed by atoms with Crippen molar-refractivity contribution in [3.8, 4) is 0 Å². The third-order valence-corrected chi connectivity index (χ3v) is 5.87. The zero-order valence-electron chi connectivity index (χ0n) is 14.6. The Labute approximate surface area is 168 Å². The lowest BCUT2D eigenvalue weighted by Gasteiger charge is -2.29. The van der Waals surface area contributed by atoms with Crippen molar-refractivity contribution in [2.45, 2.75) is 23.7 Å². The first-order valence-electron chi connectivity index (χ1n) is 7.97. The number of hydrogen-bond donors (Lipinski definition) is 2. The van der Waals surface area contributed by atoms with Crippen LogP contribution in [-0.4, -0.2) is 32.2 Å². The van der Waals surface area contributed by atoms with Gasteiger partial charge < -0.3 is 5.32 Å². The van der Waals surface area contributed by atoms with Crippen molar-refractivity contribution < 1.29 is 31.2 Å². The summed E-state index contributed by atoms with van der Waals surface area (Å²) in [5.41, 5.74) is -3.40. The second-order valence-corrected chi connectivity index (χ2v) is 8.33. The fourth-order valence-corrected chi connectivity index (χ4v) is 4.05. The van der Waals surface area contributed by atoms with Gasteiger partial charge in [0.25, 0.3) is 11.6 Å². The van der Waals surface area contributed by atoms with Crippen molar-refractivity contribution in [1.29, 1.82) is 0 Å². The van der Waals surface area contributed by atoms with Crippen LogP contribution >= 0.6 is 11.6 Å². The summed E-state index contributed by atoms with van der Waals surface area (Å²) in [6.07, 6.45) is -5.47. The lowest BCUT2D eigenvalue weighted by molar-refractivity contribution is -0.194. The summed E-state index contributed by atoms with van der Waals surface area (Å²) in [5.74, 6) is -1.84. The lowest BCUT2D eigenvalue weighted by Crippen LogP contribution is -2.69. The predicted octanol–water partition coefficient (Wildman–Crippen LogP) is 2.94. The number of benzene rings is 2. The maximum absolute atomic E-state index is 13.9. The van der Waals surface area contributed by atoms with Gasteiger partial charge in [-0.15, -0.1) is 0 Å². The van der Waals surface area contributed by atoms with E-state index >= 15 is 0 Å². The molecule has 29 heavy (non-hydrogen) atoms. The summed E-state index contributed by atoms with van der Waals surface area (Å²) in [7, 11) is -4.82. The van der Waals surface area contributed by atoms with Crippen molar-refractivity contribution in [3.05, 3.63) is 59.1 Å². The van der Waals surface area contributed by atoms with E-state index in [-0.39, 0.29) is 15.6 Å². The molecule has 0 bridgehead atoms. The molecule has 0 unspecified atom stereocenters. The number of carbonyl (C=O) groups excluding carboxylic acids is 2. The molecule has 3 amide bonds. The zero-order valence-corrected chi connectivity index (χ0v) is 16.2. The van der Waals surface area contributed by atoms with E-state index in [0.29, 0.717) is 5.56 Å². The van der Waals surface area contributed by atoms with E-state index < -0.39 is 38.7 Å². The number of urea groups is 1. The van der Waals surface area contributed by atoms with Crippen LogP contribution in [0.25, 0.3) is 0 Å². The van der Waals surface area contributed by atoms with Crippen LogP contribution in [0.5, 0.6) is 0 Å². The molecular weight excluding hydrogens is 435 g/mol. The second-order valence-electron chi connectivity index (χ2n) is 6.21. The SMILES string of the molecule is Cc1ccc(S(=O)(=O)N[C@]2(C(F)(F)F)NC(=O)N(c3ccc(Cl)cc3)C2=O)cc1. The monoisotopic (exact) mass is 447 g/mol. The van der Waals surface area contributed by atoms with Crippen LogP contribution in [0, 0.1) is 6.92 Å². The van der Waals surface area contributed by atoms with Crippen LogP contribution in [0.3, 0.4) is 0 Å². The van der Waals surface area contributed by atoms with Crippen LogP contribution in [0.2, 0.25) is 5.02 Å². The quantitative estimate of drug-likeness (QED) is 0.704. The number of hydrogen-bond acceptors (Lipinski definition) is 4. The highest BCUT2D eigenvalue weighted by Gasteiger charge is 2.69. The number of amides is 3. The fraction of sp³-hybridized carbons (Fsp3) is 0.176. The first-order chi connectivity index (χ1) is 13.4. The van der Waals surface area contributed by atoms with Crippen molar-refractivity contribution in [3.63, 3.8) is 0 Å². The van der Waals surface area contributed by atoms with Gasteiger partial charge in [-0.2, -0.15) is 17.9 Å². The van der Waals surface area contributed by atoms with Crippen LogP contribution < -0.4 is 14.9 Å². The predicted molar refractivity (Wildman–Crippen MR) is 97.8 cm³/mol. The Bertz CT molecular complexity index is 1070. The number of halogens is 4. The number of aryl methyl sites for hydroxylation is 1. The molecular formula is C17H13ClF3N3O4S. The van der Waals surface area contributed by atoms with E-state index in [9.17, 15) is 31.2 Å². The molecule has 2 aromatic rings. The molecule has 0 radical (unpaired) electrons. The molecule has 1 saturated heterocycles. The molecule has 2 N–H and O–H groups in total. The summed E-state index contributed by atoms with van der Waals surface area (Å²) < 4.78 is 68.1. The second kappa shape index (κ2) is 7.01. The molecule has 12 heteroatoms. The van der Waals surface area contributed by atoms with E-state index in [2.05, 4.69) is 0 Å². The fourth-order valence-electron chi connectivity index (χ4n) is 2.65. The van der Waals surface area contributed by atoms with Gasteiger partial charge in [-0.25, -0.2) is 18.1 Å². The van der Waals surface area contributed by atoms with Gasteiger partial charge in [0.05, 0.1) is 10.6 Å². The summed E-state index contributed by atoms with van der Waals surface area (Å²) >= 11 is 5.71. The minimum Gasteiger partial charge on any atom is -0.302 e. The number of nitrogens with one attached hydrogen (secondary N) is 2. The van der Waals surface area contributed by atoms with Crippen molar-refractivity contribution in [1.82, 2.24) is 10.0 Å². The third-order valence-electron chi connectivity index (χ3n) is 4.15. The highest BCUT2D eigenvalue weighted by molar-refractivity contribution is 7.89. The van der Waals surface area contributed by atoms with Crippen LogP contribution in [0.1, 0.15) is 5.56 Å². The van der Waals surface area contributed by atoms with Gasteiger partial charge in [-0.05, 0) is 43.3 Å². The van der Waals surface area contributed by atoms with E-state index in [1.807, 2.05) is 0 Å². The summed E-state index contributed by atoms with van der Waals surface area (Å²) in [6, 6.07) is 8.32. The Morgan fingerprint density at radius 3 is 2.10 bits per heavy atom. The van der Waals surface area contributed by atoms with Crippen molar-refractivity contribution >= 4 is 39.2 Å². The van der Waals surface area contributed by atoms with Crippen LogP contribution in [-0.2, 0) is 14.8 Å². The van der Waals surface area contributed by atoms with Crippen molar-refractivity contribution in [2.75, 3.05) is 4.90 Å². The number of sulfonamides is 1. The van der Waals surface area contributed by atoms with E-state index in [4.69, 9.17) is 11.6 Å². The largest absolute Gasteiger partial charge is 0.435 e. The highest BCUT2D eigenvalue weighted by atomic mass is 35.5. The van der Waals surface area contributed by atoms with Gasteiger partial charge in [-0.3, -0.25) is 4.79 Å². The molecule has 7 nitrogen and oxygen atoms in total. The summed E-state index contributed by atoms with van der Waals surface area (Å²) in [6.45, 7) is 1.66. The topological polar surface area (TPSA) is 95.6 Å². The lowest BCUT2D eigenvalue weighted by atomic mass is 10.1. The first kappa shape index (κ1) is 21.1. The number of nitrogens with zero attached hydrogens (tertiary/aromatic N) is 1. The van der Waals surface area contributed by atoms with Gasteiger partial charge >= 0.3 is 12.2 Å². The maximum Gasteiger partial charge on any atom is 0.435 e. The third kappa shape index (κ3) is 3.68. The Hall–Kier alpha value is -2.63. The number of imide groups is 1. The van der Waals surface area contributed by atoms with Crippen LogP contribution in [0.4, 0.5) is 23.7 Å². The number of rotatable bonds is 4. The van der Waals surface area contributed by atoms with Gasteiger partial charge in [0, 0.05) is 5.02 Å². The first-order valence-corrected chi connectivity index (χ1v) is 9.83. The molecule has 0 saturated carbocycles. The molecule has 0 aliphatic carbocycles. The van der Waals surface area contributed by atoms with E-state index in [1.54, 1.807) is 6.92 Å². The Morgan fingerprint density at radius 2 is 1.59 bits per heavy atom. The molecule has 1 aliphatic rings. The Kier molecular flexibility index (Phi) is 5.10. The highest BCUT2D eigenvalue weighted by Crippen LogP contribution is 2.37. The molecule has 0 aromatic heterocycles. The maximum atomic E-state index is 13.9. The minimum atomic E-state index is -5.47. The molecule has 1 atom stereocenters. The molecule has 1 aliphatic heterocycles. The van der Waals surface area contributed by atoms with Gasteiger partial charge in [0.15, 0.2) is 0 Å². The molecule has 1 heterocycles. The standard InChI is InChI=1S/C17H13ClF3N3O4S/c1-10-2-8-13(9-3-10)29(27,28)23-16(17(19,20)21)14(25)24(15(26)22-16)12-6-4-11(18)5-7-12/h2-9,23H,1H3,(H,22,26)/t16-/m1/s1. The Morgan fingerprint density at radius 1 is 1.03 bits per heavy atom. The van der Waals surface area contributed by atoms with Gasteiger partial charge in [0.2, 0.25) is 10.0 Å². The number of carbonyl (C=O) groups is 2. The Balaban J connectivity index is 2.06. The number of alkyl halides is 3. The van der Waals surface area contributed by atoms with Gasteiger partial charge in [-0.1, -0.05) is 29.3 Å². The minimum absolute atomic E-state index is 0.196. The molecule has 1 fully saturated rings. The molecule has 0 spiro atoms. The molecule has 154 valence electrons. The molecule has 2 aromatic carbocycles. The van der Waals surface area contributed by atoms with Crippen LogP contribution in [0.15, 0.2) is 53.4 Å². The summed E-state index contributed by atoms with van der Waals surface area (Å²) in [4.78, 5) is 24.6. The average molecular weight is 448 g/mol.